The number of furan rings is 1. The highest BCUT2D eigenvalue weighted by atomic mass is 16.6. The van der Waals surface area contributed by atoms with Gasteiger partial charge in [-0.1, -0.05) is 25.1 Å². The highest BCUT2D eigenvalue weighted by Crippen LogP contribution is 2.29. The molecule has 0 saturated heterocycles. The largest absolute Gasteiger partial charge is 0.461 e. The lowest BCUT2D eigenvalue weighted by Crippen LogP contribution is -2.39. The first-order valence-corrected chi connectivity index (χ1v) is 9.23. The van der Waals surface area contributed by atoms with Gasteiger partial charge in [0.1, 0.15) is 11.3 Å². The number of nitro groups is 1. The summed E-state index contributed by atoms with van der Waals surface area (Å²) < 4.78 is 5.91. The normalized spacial score (nSPS) is 13.6. The fraction of sp³-hybridized carbons (Fsp3) is 0.238. The van der Waals surface area contributed by atoms with Crippen molar-refractivity contribution in [2.75, 3.05) is 13.7 Å². The minimum Gasteiger partial charge on any atom is -0.461 e. The summed E-state index contributed by atoms with van der Waals surface area (Å²) in [4.78, 5) is 38.7. The van der Waals surface area contributed by atoms with Crippen LogP contribution < -0.4 is 0 Å². The van der Waals surface area contributed by atoms with E-state index in [1.807, 2.05) is 43.1 Å². The summed E-state index contributed by atoms with van der Waals surface area (Å²) in [7, 11) is 1.81. The molecule has 0 atom stereocenters. The molecule has 2 amide bonds. The number of carbonyl (C=O) groups is 2. The molecule has 1 aromatic heterocycles. The van der Waals surface area contributed by atoms with Crippen molar-refractivity contribution in [1.29, 1.82) is 0 Å². The number of benzene rings is 2. The van der Waals surface area contributed by atoms with Gasteiger partial charge in [-0.25, -0.2) is 0 Å². The number of para-hydroxylation sites is 1. The molecule has 1 aliphatic heterocycles. The second-order valence-electron chi connectivity index (χ2n) is 7.03. The highest BCUT2D eigenvalue weighted by Gasteiger charge is 2.37. The van der Waals surface area contributed by atoms with Crippen molar-refractivity contribution < 1.29 is 18.9 Å². The average Bonchev–Trinajstić information content (AvgIpc) is 3.18. The van der Waals surface area contributed by atoms with E-state index in [9.17, 15) is 19.7 Å². The van der Waals surface area contributed by atoms with Crippen LogP contribution in [-0.4, -0.2) is 40.3 Å². The minimum absolute atomic E-state index is 0.0700. The average molecular weight is 393 g/mol. The van der Waals surface area contributed by atoms with Crippen LogP contribution in [0.2, 0.25) is 0 Å². The van der Waals surface area contributed by atoms with Crippen LogP contribution >= 0.6 is 0 Å². The molecular weight excluding hydrogens is 374 g/mol. The second kappa shape index (κ2) is 7.14. The zero-order chi connectivity index (χ0) is 20.7. The number of hydrogen-bond donors (Lipinski definition) is 0. The first-order chi connectivity index (χ1) is 13.9. The first-order valence-electron chi connectivity index (χ1n) is 9.23. The maximum absolute atomic E-state index is 12.7. The fourth-order valence-corrected chi connectivity index (χ4v) is 3.69. The molecule has 0 radical (unpaired) electrons. The smallest absolute Gasteiger partial charge is 0.270 e. The number of nitrogens with zero attached hydrogens (tertiary/aromatic N) is 3. The second-order valence-corrected chi connectivity index (χ2v) is 7.03. The Morgan fingerprint density at radius 1 is 1.10 bits per heavy atom. The van der Waals surface area contributed by atoms with Crippen molar-refractivity contribution in [2.45, 2.75) is 19.9 Å². The van der Waals surface area contributed by atoms with Crippen molar-refractivity contribution in [3.63, 3.8) is 0 Å². The van der Waals surface area contributed by atoms with E-state index in [0.29, 0.717) is 6.54 Å². The third-order valence-electron chi connectivity index (χ3n) is 5.08. The van der Waals surface area contributed by atoms with Gasteiger partial charge in [-0.15, -0.1) is 0 Å². The molecule has 29 heavy (non-hydrogen) atoms. The molecule has 2 aromatic carbocycles. The van der Waals surface area contributed by atoms with Crippen LogP contribution in [0.5, 0.6) is 0 Å². The third kappa shape index (κ3) is 3.17. The lowest BCUT2D eigenvalue weighted by atomic mass is 10.1. The van der Waals surface area contributed by atoms with E-state index in [-0.39, 0.29) is 23.5 Å². The molecule has 2 heterocycles. The predicted octanol–water partition coefficient (Wildman–Crippen LogP) is 3.59. The van der Waals surface area contributed by atoms with Crippen LogP contribution in [-0.2, 0) is 13.0 Å². The summed E-state index contributed by atoms with van der Waals surface area (Å²) in [6.45, 7) is 2.58. The van der Waals surface area contributed by atoms with Crippen LogP contribution in [0, 0.1) is 10.1 Å². The van der Waals surface area contributed by atoms with Crippen molar-refractivity contribution in [1.82, 2.24) is 9.80 Å². The van der Waals surface area contributed by atoms with E-state index in [1.165, 1.54) is 12.1 Å². The number of non-ortho nitro benzene ring substituents is 1. The Balaban J connectivity index is 1.56. The SMILES string of the molecule is CCc1oc2ccccc2c1CN(C)CN1C(=O)c2ccc([N+](=O)[O-])cc2C1=O. The molecule has 0 saturated carbocycles. The molecule has 0 unspecified atom stereocenters. The summed E-state index contributed by atoms with van der Waals surface area (Å²) in [5.41, 5.74) is 1.88. The highest BCUT2D eigenvalue weighted by molar-refractivity contribution is 6.21. The van der Waals surface area contributed by atoms with Gasteiger partial charge in [0.05, 0.1) is 22.7 Å². The molecular formula is C21H19N3O5. The number of hydrogen-bond acceptors (Lipinski definition) is 6. The van der Waals surface area contributed by atoms with Crippen LogP contribution in [0.1, 0.15) is 39.0 Å². The van der Waals surface area contributed by atoms with Gasteiger partial charge in [0, 0.05) is 36.0 Å². The lowest BCUT2D eigenvalue weighted by Gasteiger charge is -2.22. The Hall–Kier alpha value is -3.52. The predicted molar refractivity (Wildman–Crippen MR) is 106 cm³/mol. The molecule has 0 N–H and O–H groups in total. The molecule has 3 aromatic rings. The van der Waals surface area contributed by atoms with Crippen LogP contribution in [0.4, 0.5) is 5.69 Å². The standard InChI is InChI=1S/C21H19N3O5/c1-3-18-17(14-6-4-5-7-19(14)29-18)11-22(2)12-23-20(25)15-9-8-13(24(27)28)10-16(15)21(23)26/h4-10H,3,11-12H2,1-2H3. The van der Waals surface area contributed by atoms with Crippen LogP contribution in [0.25, 0.3) is 11.0 Å². The summed E-state index contributed by atoms with van der Waals surface area (Å²) in [6.07, 6.45) is 0.731. The fourth-order valence-electron chi connectivity index (χ4n) is 3.69. The quantitative estimate of drug-likeness (QED) is 0.361. The van der Waals surface area contributed by atoms with Gasteiger partial charge in [-0.05, 0) is 19.2 Å². The zero-order valence-corrected chi connectivity index (χ0v) is 16.0. The summed E-state index contributed by atoms with van der Waals surface area (Å²) in [5.74, 6) is -0.0936. The number of rotatable bonds is 6. The summed E-state index contributed by atoms with van der Waals surface area (Å²) in [5, 5.41) is 12.0. The van der Waals surface area contributed by atoms with Gasteiger partial charge in [-0.2, -0.15) is 0 Å². The van der Waals surface area contributed by atoms with E-state index < -0.39 is 16.7 Å². The molecule has 0 spiro atoms. The number of fused-ring (bicyclic) bond motifs is 2. The Labute approximate surface area is 166 Å². The van der Waals surface area contributed by atoms with E-state index >= 15 is 0 Å². The maximum Gasteiger partial charge on any atom is 0.270 e. The third-order valence-corrected chi connectivity index (χ3v) is 5.08. The van der Waals surface area contributed by atoms with Gasteiger partial charge in [0.2, 0.25) is 0 Å². The Morgan fingerprint density at radius 3 is 2.55 bits per heavy atom. The van der Waals surface area contributed by atoms with E-state index in [4.69, 9.17) is 4.42 Å². The molecule has 0 bridgehead atoms. The molecule has 148 valence electrons. The van der Waals surface area contributed by atoms with E-state index in [2.05, 4.69) is 0 Å². The van der Waals surface area contributed by atoms with Gasteiger partial charge < -0.3 is 4.42 Å². The molecule has 1 aliphatic rings. The monoisotopic (exact) mass is 393 g/mol. The van der Waals surface area contributed by atoms with E-state index in [0.717, 1.165) is 39.7 Å². The molecule has 4 rings (SSSR count). The van der Waals surface area contributed by atoms with Crippen LogP contribution in [0.15, 0.2) is 46.9 Å². The number of aryl methyl sites for hydroxylation is 1. The van der Waals surface area contributed by atoms with Gasteiger partial charge in [0.25, 0.3) is 17.5 Å². The summed E-state index contributed by atoms with van der Waals surface area (Å²) in [6, 6.07) is 11.5. The topological polar surface area (TPSA) is 96.9 Å². The van der Waals surface area contributed by atoms with Gasteiger partial charge in [0.15, 0.2) is 0 Å². The van der Waals surface area contributed by atoms with Crippen molar-refractivity contribution in [2.24, 2.45) is 0 Å². The number of imide groups is 1. The molecule has 0 fully saturated rings. The molecule has 0 aliphatic carbocycles. The minimum atomic E-state index is -0.580. The Bertz CT molecular complexity index is 1150. The van der Waals surface area contributed by atoms with Crippen molar-refractivity contribution in [3.05, 3.63) is 75.0 Å². The number of nitro benzene ring substituents is 1. The Kier molecular flexibility index (Phi) is 4.63. The maximum atomic E-state index is 12.7. The Morgan fingerprint density at radius 2 is 1.83 bits per heavy atom. The van der Waals surface area contributed by atoms with Crippen molar-refractivity contribution >= 4 is 28.5 Å². The molecule has 8 nitrogen and oxygen atoms in total. The van der Waals surface area contributed by atoms with Crippen LogP contribution in [0.3, 0.4) is 0 Å². The van der Waals surface area contributed by atoms with Crippen molar-refractivity contribution in [3.8, 4) is 0 Å². The molecule has 8 heteroatoms. The number of carbonyl (C=O) groups excluding carboxylic acids is 2. The first kappa shape index (κ1) is 18.8. The van der Waals surface area contributed by atoms with E-state index in [1.54, 1.807) is 0 Å². The van der Waals surface area contributed by atoms with Gasteiger partial charge in [-0.3, -0.25) is 29.5 Å². The summed E-state index contributed by atoms with van der Waals surface area (Å²) >= 11 is 0. The lowest BCUT2D eigenvalue weighted by molar-refractivity contribution is -0.384. The number of amides is 2. The zero-order valence-electron chi connectivity index (χ0n) is 16.0. The van der Waals surface area contributed by atoms with Gasteiger partial charge >= 0.3 is 0 Å².